The maximum atomic E-state index is 12.7. The zero-order valence-corrected chi connectivity index (χ0v) is 14.1. The van der Waals surface area contributed by atoms with Crippen LogP contribution in [-0.4, -0.2) is 32.6 Å². The summed E-state index contributed by atoms with van der Waals surface area (Å²) in [6, 6.07) is 4.35. The molecular formula is C17H21N3O5. The van der Waals surface area contributed by atoms with Gasteiger partial charge >= 0.3 is 11.7 Å². The van der Waals surface area contributed by atoms with Gasteiger partial charge in [0.2, 0.25) is 5.91 Å². The highest BCUT2D eigenvalue weighted by Gasteiger charge is 2.26. The number of H-pyrrole nitrogens is 1. The zero-order valence-electron chi connectivity index (χ0n) is 14.1. The molecule has 8 heteroatoms. The second-order valence-electron chi connectivity index (χ2n) is 5.88. The lowest BCUT2D eigenvalue weighted by Gasteiger charge is -2.20. The monoisotopic (exact) mass is 347 g/mol. The fraction of sp³-hybridized carbons (Fsp3) is 0.412. The number of para-hydroxylation sites is 1. The lowest BCUT2D eigenvalue weighted by molar-refractivity contribution is -0.141. The summed E-state index contributed by atoms with van der Waals surface area (Å²) in [5.41, 5.74) is -0.871. The molecule has 2 aromatic rings. The molecule has 8 nitrogen and oxygen atoms in total. The average molecular weight is 347 g/mol. The highest BCUT2D eigenvalue weighted by molar-refractivity contribution is 5.86. The number of nitrogens with zero attached hydrogens (tertiary/aromatic N) is 1. The minimum atomic E-state index is -1.19. The number of rotatable bonds is 7. The summed E-state index contributed by atoms with van der Waals surface area (Å²) in [5, 5.41) is 11.6. The van der Waals surface area contributed by atoms with Crippen LogP contribution in [-0.2, 0) is 9.59 Å². The Kier molecular flexibility index (Phi) is 5.74. The van der Waals surface area contributed by atoms with Crippen molar-refractivity contribution in [2.75, 3.05) is 0 Å². The highest BCUT2D eigenvalue weighted by atomic mass is 16.4. The SMILES string of the molecule is CCCCC(C(=O)NC(C)C(=O)O)n1c(=O)[nH]c2ccccc2c1=O. The van der Waals surface area contributed by atoms with E-state index >= 15 is 0 Å². The molecule has 0 radical (unpaired) electrons. The quantitative estimate of drug-likeness (QED) is 0.690. The predicted molar refractivity (Wildman–Crippen MR) is 92.6 cm³/mol. The number of carbonyl (C=O) groups is 2. The fourth-order valence-corrected chi connectivity index (χ4v) is 2.61. The Morgan fingerprint density at radius 2 is 1.96 bits per heavy atom. The third kappa shape index (κ3) is 3.96. The largest absolute Gasteiger partial charge is 0.480 e. The number of benzene rings is 1. The Bertz CT molecular complexity index is 899. The molecule has 1 aromatic heterocycles. The van der Waals surface area contributed by atoms with Crippen LogP contribution in [0.25, 0.3) is 10.9 Å². The molecule has 0 saturated heterocycles. The van der Waals surface area contributed by atoms with E-state index in [1.54, 1.807) is 24.3 Å². The van der Waals surface area contributed by atoms with E-state index in [2.05, 4.69) is 10.3 Å². The maximum Gasteiger partial charge on any atom is 0.329 e. The predicted octanol–water partition coefficient (Wildman–Crippen LogP) is 1.01. The second-order valence-corrected chi connectivity index (χ2v) is 5.88. The lowest BCUT2D eigenvalue weighted by Crippen LogP contribution is -2.48. The standard InChI is InChI=1S/C17H21N3O5/c1-3-4-9-13(14(21)18-10(2)16(23)24)20-15(22)11-7-5-6-8-12(11)19-17(20)25/h5-8,10,13H,3-4,9H2,1-2H3,(H,18,21)(H,19,25)(H,23,24). The van der Waals surface area contributed by atoms with Crippen molar-refractivity contribution in [2.24, 2.45) is 0 Å². The molecule has 0 fully saturated rings. The average Bonchev–Trinajstić information content (AvgIpc) is 2.57. The number of nitrogens with one attached hydrogen (secondary N) is 2. The Balaban J connectivity index is 2.53. The summed E-state index contributed by atoms with van der Waals surface area (Å²) >= 11 is 0. The third-order valence-corrected chi connectivity index (χ3v) is 4.01. The Morgan fingerprint density at radius 3 is 2.60 bits per heavy atom. The van der Waals surface area contributed by atoms with Crippen LogP contribution in [0, 0.1) is 0 Å². The lowest BCUT2D eigenvalue weighted by atomic mass is 10.1. The maximum absolute atomic E-state index is 12.7. The molecule has 2 rings (SSSR count). The van der Waals surface area contributed by atoms with E-state index in [1.807, 2.05) is 6.92 Å². The van der Waals surface area contributed by atoms with Crippen molar-refractivity contribution in [1.82, 2.24) is 14.9 Å². The van der Waals surface area contributed by atoms with Gasteiger partial charge in [0, 0.05) is 0 Å². The van der Waals surface area contributed by atoms with E-state index in [4.69, 9.17) is 5.11 Å². The van der Waals surface area contributed by atoms with E-state index in [1.165, 1.54) is 6.92 Å². The van der Waals surface area contributed by atoms with Crippen LogP contribution in [0.15, 0.2) is 33.9 Å². The number of carboxylic acid groups (broad SMARTS) is 1. The van der Waals surface area contributed by atoms with Gasteiger partial charge in [-0.15, -0.1) is 0 Å². The van der Waals surface area contributed by atoms with Gasteiger partial charge in [-0.05, 0) is 25.5 Å². The van der Waals surface area contributed by atoms with Gasteiger partial charge in [-0.3, -0.25) is 14.4 Å². The first-order valence-corrected chi connectivity index (χ1v) is 8.13. The summed E-state index contributed by atoms with van der Waals surface area (Å²) in [7, 11) is 0. The molecule has 0 aliphatic rings. The van der Waals surface area contributed by atoms with Crippen molar-refractivity contribution in [3.05, 3.63) is 45.1 Å². The van der Waals surface area contributed by atoms with Gasteiger partial charge in [0.05, 0.1) is 10.9 Å². The van der Waals surface area contributed by atoms with Crippen LogP contribution in [0.4, 0.5) is 0 Å². The first-order chi connectivity index (χ1) is 11.9. The van der Waals surface area contributed by atoms with Gasteiger partial charge in [0.25, 0.3) is 5.56 Å². The first-order valence-electron chi connectivity index (χ1n) is 8.13. The molecule has 1 amide bonds. The van der Waals surface area contributed by atoms with Crippen molar-refractivity contribution >= 4 is 22.8 Å². The Morgan fingerprint density at radius 1 is 1.28 bits per heavy atom. The summed E-state index contributed by atoms with van der Waals surface area (Å²) in [6.07, 6.45) is 1.63. The summed E-state index contributed by atoms with van der Waals surface area (Å²) in [5.74, 6) is -1.85. The molecule has 134 valence electrons. The summed E-state index contributed by atoms with van der Waals surface area (Å²) in [6.45, 7) is 3.24. The number of carbonyl (C=O) groups excluding carboxylic acids is 1. The molecule has 0 saturated carbocycles. The number of aromatic nitrogens is 2. The highest BCUT2D eigenvalue weighted by Crippen LogP contribution is 2.14. The molecule has 0 bridgehead atoms. The Labute approximate surface area is 143 Å². The Hall–Kier alpha value is -2.90. The van der Waals surface area contributed by atoms with Gasteiger partial charge in [0.1, 0.15) is 12.1 Å². The van der Waals surface area contributed by atoms with Gasteiger partial charge in [0.15, 0.2) is 0 Å². The number of unbranched alkanes of at least 4 members (excludes halogenated alkanes) is 1. The third-order valence-electron chi connectivity index (χ3n) is 4.01. The normalized spacial score (nSPS) is 13.4. The van der Waals surface area contributed by atoms with Gasteiger partial charge in [-0.25, -0.2) is 9.36 Å². The van der Waals surface area contributed by atoms with E-state index in [0.717, 1.165) is 11.0 Å². The molecule has 3 N–H and O–H groups in total. The molecule has 1 aromatic carbocycles. The number of fused-ring (bicyclic) bond motifs is 1. The van der Waals surface area contributed by atoms with Gasteiger partial charge < -0.3 is 15.4 Å². The minimum Gasteiger partial charge on any atom is -0.480 e. The van der Waals surface area contributed by atoms with E-state index in [9.17, 15) is 19.2 Å². The zero-order chi connectivity index (χ0) is 18.6. The molecule has 2 atom stereocenters. The summed E-state index contributed by atoms with van der Waals surface area (Å²) in [4.78, 5) is 51.2. The van der Waals surface area contributed by atoms with Crippen LogP contribution < -0.4 is 16.6 Å². The summed E-state index contributed by atoms with van der Waals surface area (Å²) < 4.78 is 0.877. The first kappa shape index (κ1) is 18.4. The molecule has 1 heterocycles. The molecule has 0 spiro atoms. The molecule has 2 unspecified atom stereocenters. The van der Waals surface area contributed by atoms with E-state index < -0.39 is 35.2 Å². The van der Waals surface area contributed by atoms with Crippen molar-refractivity contribution in [2.45, 2.75) is 45.2 Å². The fourth-order valence-electron chi connectivity index (χ4n) is 2.61. The van der Waals surface area contributed by atoms with Crippen molar-refractivity contribution in [1.29, 1.82) is 0 Å². The number of aromatic amines is 1. The van der Waals surface area contributed by atoms with Crippen molar-refractivity contribution in [3.63, 3.8) is 0 Å². The molecule has 0 aliphatic carbocycles. The number of amides is 1. The second kappa shape index (κ2) is 7.78. The van der Waals surface area contributed by atoms with Crippen LogP contribution in [0.5, 0.6) is 0 Å². The molecule has 0 aliphatic heterocycles. The van der Waals surface area contributed by atoms with Gasteiger partial charge in [-0.2, -0.15) is 0 Å². The topological polar surface area (TPSA) is 121 Å². The van der Waals surface area contributed by atoms with Crippen LogP contribution in [0.3, 0.4) is 0 Å². The number of aliphatic carboxylic acids is 1. The van der Waals surface area contributed by atoms with Crippen molar-refractivity contribution < 1.29 is 14.7 Å². The molecular weight excluding hydrogens is 326 g/mol. The number of hydrogen-bond acceptors (Lipinski definition) is 4. The molecule has 25 heavy (non-hydrogen) atoms. The van der Waals surface area contributed by atoms with E-state index in [-0.39, 0.29) is 6.42 Å². The minimum absolute atomic E-state index is 0.260. The van der Waals surface area contributed by atoms with Gasteiger partial charge in [-0.1, -0.05) is 31.9 Å². The smallest absolute Gasteiger partial charge is 0.329 e. The van der Waals surface area contributed by atoms with E-state index in [0.29, 0.717) is 17.3 Å². The van der Waals surface area contributed by atoms with Crippen molar-refractivity contribution in [3.8, 4) is 0 Å². The van der Waals surface area contributed by atoms with Crippen LogP contribution >= 0.6 is 0 Å². The van der Waals surface area contributed by atoms with Crippen LogP contribution in [0.2, 0.25) is 0 Å². The number of carboxylic acids is 1. The van der Waals surface area contributed by atoms with Crippen LogP contribution in [0.1, 0.15) is 39.2 Å². The number of hydrogen-bond donors (Lipinski definition) is 3.